The van der Waals surface area contributed by atoms with Gasteiger partial charge in [0.15, 0.2) is 30.6 Å². The van der Waals surface area contributed by atoms with Gasteiger partial charge in [-0.2, -0.15) is 0 Å². The van der Waals surface area contributed by atoms with Crippen LogP contribution in [0.1, 0.15) is 0 Å². The molecule has 0 saturated carbocycles. The summed E-state index contributed by atoms with van der Waals surface area (Å²) >= 11 is 0. The fraction of sp³-hybridized carbons (Fsp3) is 1.00. The normalized spacial score (nSPS) is 13.9. The summed E-state index contributed by atoms with van der Waals surface area (Å²) in [6, 6.07) is 0. The maximum absolute atomic E-state index is 5.84. The molecule has 0 amide bonds. The topological polar surface area (TPSA) is 27.7 Å². The Balaban J connectivity index is 5.14. The molecule has 0 aromatic rings. The molecule has 0 atom stereocenters. The highest BCUT2D eigenvalue weighted by Gasteiger charge is 2.51. The molecule has 0 saturated heterocycles. The predicted octanol–water partition coefficient (Wildman–Crippen LogP) is 2.73. The lowest BCUT2D eigenvalue weighted by Crippen LogP contribution is -2.66. The highest BCUT2D eigenvalue weighted by atomic mass is 28.4. The largest absolute Gasteiger partial charge is 0.428 e. The molecule has 17 heavy (non-hydrogen) atoms. The van der Waals surface area contributed by atoms with Crippen molar-refractivity contribution in [3.8, 4) is 0 Å². The van der Waals surface area contributed by atoms with Crippen LogP contribution in [0.2, 0.25) is 45.2 Å². The second-order valence-electron chi connectivity index (χ2n) is 6.34. The standard InChI is InChI=1S/C10H29BO3Si3/c1-12-15(4,5)10-11(16(6,7)13-2)17(8,9)14-3/h10H2,1-9H3. The highest BCUT2D eigenvalue weighted by Crippen LogP contribution is 2.26. The van der Waals surface area contributed by atoms with Crippen molar-refractivity contribution >= 4 is 30.6 Å². The van der Waals surface area contributed by atoms with Gasteiger partial charge in [0.2, 0.25) is 0 Å². The summed E-state index contributed by atoms with van der Waals surface area (Å²) in [5.41, 5.74) is 0. The minimum absolute atomic E-state index is 0.576. The quantitative estimate of drug-likeness (QED) is 0.675. The summed E-state index contributed by atoms with van der Waals surface area (Å²) in [6.45, 7) is 13.7. The fourth-order valence-electron chi connectivity index (χ4n) is 2.19. The molecule has 0 heterocycles. The molecule has 0 unspecified atom stereocenters. The monoisotopic (exact) mass is 292 g/mol. The van der Waals surface area contributed by atoms with Gasteiger partial charge < -0.3 is 13.3 Å². The smallest absolute Gasteiger partial charge is 0.194 e. The van der Waals surface area contributed by atoms with Gasteiger partial charge in [-0.3, -0.25) is 0 Å². The molecule has 0 aliphatic rings. The van der Waals surface area contributed by atoms with Crippen LogP contribution in [0.25, 0.3) is 0 Å². The van der Waals surface area contributed by atoms with Crippen molar-refractivity contribution in [2.24, 2.45) is 0 Å². The van der Waals surface area contributed by atoms with E-state index in [-0.39, 0.29) is 0 Å². The van der Waals surface area contributed by atoms with Crippen molar-refractivity contribution in [2.75, 3.05) is 21.3 Å². The van der Waals surface area contributed by atoms with E-state index in [9.17, 15) is 0 Å². The second-order valence-corrected chi connectivity index (χ2v) is 19.9. The maximum Gasteiger partial charge on any atom is 0.194 e. The molecular formula is C10H29BO3Si3. The molecule has 0 aliphatic heterocycles. The van der Waals surface area contributed by atoms with Crippen LogP contribution in [-0.2, 0) is 13.3 Å². The van der Waals surface area contributed by atoms with E-state index in [4.69, 9.17) is 13.3 Å². The summed E-state index contributed by atoms with van der Waals surface area (Å²) in [5, 5.41) is 0. The summed E-state index contributed by atoms with van der Waals surface area (Å²) in [4.78, 5) is 0. The van der Waals surface area contributed by atoms with Crippen molar-refractivity contribution in [1.82, 2.24) is 0 Å². The van der Waals surface area contributed by atoms with Crippen LogP contribution < -0.4 is 0 Å². The van der Waals surface area contributed by atoms with E-state index in [0.717, 1.165) is 5.94 Å². The van der Waals surface area contributed by atoms with Crippen LogP contribution in [0.3, 0.4) is 0 Å². The Labute approximate surface area is 111 Å². The first kappa shape index (κ1) is 17.6. The van der Waals surface area contributed by atoms with Crippen molar-refractivity contribution in [3.05, 3.63) is 0 Å². The van der Waals surface area contributed by atoms with E-state index in [0.29, 0.717) is 5.90 Å². The summed E-state index contributed by atoms with van der Waals surface area (Å²) in [7, 11) is 0.557. The van der Waals surface area contributed by atoms with E-state index in [2.05, 4.69) is 39.3 Å². The highest BCUT2D eigenvalue weighted by molar-refractivity contribution is 7.59. The van der Waals surface area contributed by atoms with Gasteiger partial charge in [0.25, 0.3) is 0 Å². The van der Waals surface area contributed by atoms with Crippen LogP contribution in [0.5, 0.6) is 0 Å². The van der Waals surface area contributed by atoms with Gasteiger partial charge in [-0.15, -0.1) is 0 Å². The SMILES string of the molecule is CO[Si](C)(C)CB([Si](C)(C)OC)[Si](C)(C)OC. The van der Waals surface area contributed by atoms with E-state index < -0.39 is 24.7 Å². The second kappa shape index (κ2) is 6.16. The van der Waals surface area contributed by atoms with Gasteiger partial charge >= 0.3 is 0 Å². The Bertz CT molecular complexity index is 231. The van der Waals surface area contributed by atoms with Gasteiger partial charge in [-0.25, -0.2) is 0 Å². The number of hydrogen-bond acceptors (Lipinski definition) is 3. The maximum atomic E-state index is 5.84. The first-order valence-corrected chi connectivity index (χ1v) is 15.3. The molecule has 7 heteroatoms. The molecule has 0 aliphatic carbocycles. The van der Waals surface area contributed by atoms with Gasteiger partial charge in [0, 0.05) is 21.3 Å². The van der Waals surface area contributed by atoms with E-state index in [1.807, 2.05) is 21.3 Å². The average molecular weight is 292 g/mol. The average Bonchev–Trinajstić information content (AvgIpc) is 2.25. The Kier molecular flexibility index (Phi) is 6.38. The van der Waals surface area contributed by atoms with Gasteiger partial charge in [-0.05, 0) is 13.1 Å². The van der Waals surface area contributed by atoms with Gasteiger partial charge in [0.05, 0.1) is 0 Å². The summed E-state index contributed by atoms with van der Waals surface area (Å²) < 4.78 is 17.4. The lowest BCUT2D eigenvalue weighted by molar-refractivity contribution is 0.404. The molecule has 0 rings (SSSR count). The molecule has 0 bridgehead atoms. The first-order valence-electron chi connectivity index (χ1n) is 6.18. The third kappa shape index (κ3) is 5.00. The molecule has 0 radical (unpaired) electrons. The Morgan fingerprint density at radius 2 is 1.06 bits per heavy atom. The molecule has 0 aromatic heterocycles. The Morgan fingerprint density at radius 1 is 0.706 bits per heavy atom. The Hall–Kier alpha value is 0.596. The third-order valence-electron chi connectivity index (χ3n) is 3.98. The molecule has 102 valence electrons. The number of hydrogen-bond donors (Lipinski definition) is 0. The molecule has 3 nitrogen and oxygen atoms in total. The van der Waals surface area contributed by atoms with Crippen LogP contribution in [0.15, 0.2) is 0 Å². The lowest BCUT2D eigenvalue weighted by Gasteiger charge is -2.40. The van der Waals surface area contributed by atoms with Crippen LogP contribution >= 0.6 is 0 Å². The van der Waals surface area contributed by atoms with E-state index >= 15 is 0 Å². The first-order chi connectivity index (χ1) is 7.52. The molecule has 0 spiro atoms. The van der Waals surface area contributed by atoms with E-state index in [1.54, 1.807) is 0 Å². The van der Waals surface area contributed by atoms with Crippen molar-refractivity contribution in [1.29, 1.82) is 0 Å². The summed E-state index contributed by atoms with van der Waals surface area (Å²) in [6.07, 6.45) is 0. The van der Waals surface area contributed by atoms with Gasteiger partial charge in [0.1, 0.15) is 0 Å². The minimum Gasteiger partial charge on any atom is -0.428 e. The van der Waals surface area contributed by atoms with Crippen LogP contribution in [0, 0.1) is 0 Å². The Morgan fingerprint density at radius 3 is 1.29 bits per heavy atom. The van der Waals surface area contributed by atoms with Crippen molar-refractivity contribution in [3.63, 3.8) is 0 Å². The van der Waals surface area contributed by atoms with Crippen LogP contribution in [-0.4, -0.2) is 51.9 Å². The molecule has 0 aromatic carbocycles. The minimum atomic E-state index is -1.70. The number of rotatable bonds is 7. The predicted molar refractivity (Wildman–Crippen MR) is 84.0 cm³/mol. The van der Waals surface area contributed by atoms with Crippen molar-refractivity contribution < 1.29 is 13.3 Å². The van der Waals surface area contributed by atoms with Gasteiger partial charge in [-0.1, -0.05) is 32.1 Å². The third-order valence-corrected chi connectivity index (χ3v) is 17.3. The summed E-state index contributed by atoms with van der Waals surface area (Å²) in [5.74, 6) is 1.72. The zero-order chi connectivity index (χ0) is 13.9. The van der Waals surface area contributed by atoms with Crippen molar-refractivity contribution in [2.45, 2.75) is 45.2 Å². The fourth-order valence-corrected chi connectivity index (χ4v) is 18.2. The van der Waals surface area contributed by atoms with Crippen LogP contribution in [0.4, 0.5) is 0 Å². The molecule has 0 N–H and O–H groups in total. The van der Waals surface area contributed by atoms with E-state index in [1.165, 1.54) is 0 Å². The molecule has 0 fully saturated rings. The zero-order valence-electron chi connectivity index (χ0n) is 13.0. The molecular weight excluding hydrogens is 263 g/mol. The lowest BCUT2D eigenvalue weighted by atomic mass is 10.1. The zero-order valence-corrected chi connectivity index (χ0v) is 16.0.